The predicted octanol–water partition coefficient (Wildman–Crippen LogP) is 6.34. The Morgan fingerprint density at radius 2 is 1.77 bits per heavy atom. The van der Waals surface area contributed by atoms with Crippen LogP contribution in [0.3, 0.4) is 0 Å². The van der Waals surface area contributed by atoms with Gasteiger partial charge in [-0.1, -0.05) is 58.5 Å². The Labute approximate surface area is 198 Å². The van der Waals surface area contributed by atoms with E-state index in [1.165, 1.54) is 11.3 Å². The minimum absolute atomic E-state index is 0.0592. The van der Waals surface area contributed by atoms with Crippen molar-refractivity contribution in [2.45, 2.75) is 19.0 Å². The Balaban J connectivity index is 1.75. The van der Waals surface area contributed by atoms with Crippen LogP contribution in [-0.2, 0) is 16.4 Å². The summed E-state index contributed by atoms with van der Waals surface area (Å²) in [5.74, 6) is -0.337. The number of hydrogen-bond donors (Lipinski definition) is 0. The molecule has 1 saturated heterocycles. The Morgan fingerprint density at radius 3 is 2.40 bits per heavy atom. The number of hydrogen-bond acceptors (Lipinski definition) is 4. The van der Waals surface area contributed by atoms with Gasteiger partial charge in [-0.3, -0.25) is 4.79 Å². The fraction of sp³-hybridized carbons (Fsp3) is 0.250. The summed E-state index contributed by atoms with van der Waals surface area (Å²) in [6, 6.07) is 9.95. The lowest BCUT2D eigenvalue weighted by atomic mass is 10.1. The van der Waals surface area contributed by atoms with Gasteiger partial charge in [0.25, 0.3) is 5.91 Å². The van der Waals surface area contributed by atoms with Crippen LogP contribution >= 0.6 is 57.7 Å². The molecule has 0 spiro atoms. The fourth-order valence-corrected chi connectivity index (χ4v) is 7.74. The first kappa shape index (κ1) is 22.2. The summed E-state index contributed by atoms with van der Waals surface area (Å²) in [5, 5.41) is 2.22. The van der Waals surface area contributed by atoms with Crippen molar-refractivity contribution in [3.63, 3.8) is 0 Å². The van der Waals surface area contributed by atoms with E-state index in [0.717, 1.165) is 5.56 Å². The lowest BCUT2D eigenvalue weighted by molar-refractivity contribution is 0.0686. The highest BCUT2D eigenvalue weighted by molar-refractivity contribution is 7.91. The van der Waals surface area contributed by atoms with Crippen LogP contribution in [0, 0.1) is 0 Å². The lowest BCUT2D eigenvalue weighted by Crippen LogP contribution is -2.40. The Morgan fingerprint density at radius 1 is 1.07 bits per heavy atom. The summed E-state index contributed by atoms with van der Waals surface area (Å²) in [5.41, 5.74) is 0.843. The van der Waals surface area contributed by atoms with E-state index in [9.17, 15) is 13.2 Å². The quantitative estimate of drug-likeness (QED) is 0.401. The van der Waals surface area contributed by atoms with Gasteiger partial charge in [0.15, 0.2) is 9.84 Å². The van der Waals surface area contributed by atoms with Gasteiger partial charge in [-0.15, -0.1) is 11.3 Å². The molecule has 30 heavy (non-hydrogen) atoms. The molecule has 4 rings (SSSR count). The number of carbonyl (C=O) groups is 1. The predicted molar refractivity (Wildman–Crippen MR) is 125 cm³/mol. The van der Waals surface area contributed by atoms with E-state index in [-0.39, 0.29) is 29.0 Å². The maximum absolute atomic E-state index is 13.6. The van der Waals surface area contributed by atoms with Crippen molar-refractivity contribution < 1.29 is 13.2 Å². The largest absolute Gasteiger partial charge is 0.330 e. The molecule has 2 aromatic carbocycles. The van der Waals surface area contributed by atoms with E-state index in [2.05, 4.69) is 0 Å². The number of thiophene rings is 1. The molecule has 1 amide bonds. The number of sulfone groups is 1. The second kappa shape index (κ2) is 8.49. The summed E-state index contributed by atoms with van der Waals surface area (Å²) in [7, 11) is -3.19. The van der Waals surface area contributed by atoms with Gasteiger partial charge in [0.05, 0.1) is 21.6 Å². The van der Waals surface area contributed by atoms with Gasteiger partial charge < -0.3 is 4.90 Å². The highest BCUT2D eigenvalue weighted by Gasteiger charge is 2.36. The third kappa shape index (κ3) is 4.45. The van der Waals surface area contributed by atoms with Crippen LogP contribution in [0.2, 0.25) is 20.1 Å². The summed E-state index contributed by atoms with van der Waals surface area (Å²) >= 11 is 26.1. The van der Waals surface area contributed by atoms with E-state index < -0.39 is 15.9 Å². The van der Waals surface area contributed by atoms with Crippen LogP contribution in [0.1, 0.15) is 21.7 Å². The van der Waals surface area contributed by atoms with Crippen molar-refractivity contribution >= 4 is 83.6 Å². The maximum Gasteiger partial charge on any atom is 0.266 e. The van der Waals surface area contributed by atoms with Gasteiger partial charge in [-0.2, -0.15) is 0 Å². The molecule has 1 aliphatic heterocycles. The molecule has 0 saturated carbocycles. The number of rotatable bonds is 4. The van der Waals surface area contributed by atoms with E-state index in [1.54, 1.807) is 29.2 Å². The molecule has 1 atom stereocenters. The molecule has 1 unspecified atom stereocenters. The van der Waals surface area contributed by atoms with Crippen molar-refractivity contribution in [3.05, 3.63) is 66.9 Å². The van der Waals surface area contributed by atoms with Gasteiger partial charge in [0.2, 0.25) is 0 Å². The molecule has 0 aliphatic carbocycles. The average Bonchev–Trinajstić information content (AvgIpc) is 3.20. The van der Waals surface area contributed by atoms with Crippen molar-refractivity contribution in [2.24, 2.45) is 0 Å². The van der Waals surface area contributed by atoms with Crippen LogP contribution < -0.4 is 0 Å². The van der Waals surface area contributed by atoms with Crippen LogP contribution in [0.5, 0.6) is 0 Å². The molecule has 1 aromatic heterocycles. The first-order valence-corrected chi connectivity index (χ1v) is 13.1. The smallest absolute Gasteiger partial charge is 0.266 e. The minimum Gasteiger partial charge on any atom is -0.330 e. The molecule has 2 heterocycles. The number of halogens is 4. The summed E-state index contributed by atoms with van der Waals surface area (Å²) < 4.78 is 24.9. The molecular formula is C20H15Cl4NO3S2. The number of amides is 1. The van der Waals surface area contributed by atoms with E-state index in [1.807, 2.05) is 12.1 Å². The monoisotopic (exact) mass is 521 g/mol. The Kier molecular flexibility index (Phi) is 6.28. The Hall–Kier alpha value is -1.02. The zero-order chi connectivity index (χ0) is 21.6. The minimum atomic E-state index is -3.19. The zero-order valence-electron chi connectivity index (χ0n) is 15.4. The van der Waals surface area contributed by atoms with Crippen LogP contribution in [0.25, 0.3) is 10.1 Å². The van der Waals surface area contributed by atoms with Crippen LogP contribution in [0.4, 0.5) is 0 Å². The molecular weight excluding hydrogens is 508 g/mol. The molecule has 0 radical (unpaired) electrons. The fourth-order valence-electron chi connectivity index (χ4n) is 3.55. The van der Waals surface area contributed by atoms with E-state index in [4.69, 9.17) is 46.4 Å². The average molecular weight is 523 g/mol. The number of nitrogens with zero attached hydrogens (tertiary/aromatic N) is 1. The molecule has 4 nitrogen and oxygen atoms in total. The van der Waals surface area contributed by atoms with Gasteiger partial charge in [0, 0.05) is 32.7 Å². The SMILES string of the molecule is O=C(c1sc2cc(Cl)cc(Cl)c2c1Cl)N(Cc1ccc(Cl)cc1)C1CCS(=O)(=O)C1. The molecule has 3 aromatic rings. The molecule has 158 valence electrons. The molecule has 0 bridgehead atoms. The Bertz CT molecular complexity index is 1240. The van der Waals surface area contributed by atoms with Gasteiger partial charge in [0.1, 0.15) is 4.88 Å². The normalized spacial score (nSPS) is 18.1. The zero-order valence-corrected chi connectivity index (χ0v) is 20.0. The summed E-state index contributed by atoms with van der Waals surface area (Å²) in [6.45, 7) is 0.245. The molecule has 0 N–H and O–H groups in total. The number of benzene rings is 2. The third-order valence-electron chi connectivity index (χ3n) is 5.02. The third-order valence-corrected chi connectivity index (χ3v) is 9.15. The van der Waals surface area contributed by atoms with Crippen LogP contribution in [0.15, 0.2) is 36.4 Å². The topological polar surface area (TPSA) is 54.5 Å². The van der Waals surface area contributed by atoms with E-state index >= 15 is 0 Å². The van der Waals surface area contributed by atoms with Gasteiger partial charge >= 0.3 is 0 Å². The number of fused-ring (bicyclic) bond motifs is 1. The molecule has 1 aliphatic rings. The van der Waals surface area contributed by atoms with Gasteiger partial charge in [-0.05, 0) is 36.2 Å². The maximum atomic E-state index is 13.6. The standard InChI is InChI=1S/C20H15Cl4NO3S2/c21-12-3-1-11(2-4-12)9-25(14-5-6-30(27,28)10-14)20(26)19-18(24)17-15(23)7-13(22)8-16(17)29-19/h1-4,7-8,14H,5-6,9-10H2. The first-order chi connectivity index (χ1) is 14.1. The molecule has 1 fully saturated rings. The lowest BCUT2D eigenvalue weighted by Gasteiger charge is -2.28. The second-order valence-corrected chi connectivity index (χ2v) is 12.1. The summed E-state index contributed by atoms with van der Waals surface area (Å²) in [4.78, 5) is 15.5. The van der Waals surface area contributed by atoms with Crippen LogP contribution in [-0.4, -0.2) is 36.8 Å². The summed E-state index contributed by atoms with van der Waals surface area (Å²) in [6.07, 6.45) is 0.386. The highest BCUT2D eigenvalue weighted by atomic mass is 35.5. The van der Waals surface area contributed by atoms with Crippen molar-refractivity contribution in [1.82, 2.24) is 4.90 Å². The molecule has 10 heteroatoms. The van der Waals surface area contributed by atoms with Gasteiger partial charge in [-0.25, -0.2) is 8.42 Å². The second-order valence-electron chi connectivity index (χ2n) is 7.12. The van der Waals surface area contributed by atoms with Crippen molar-refractivity contribution in [2.75, 3.05) is 11.5 Å². The van der Waals surface area contributed by atoms with Crippen molar-refractivity contribution in [3.8, 4) is 0 Å². The highest BCUT2D eigenvalue weighted by Crippen LogP contribution is 2.42. The van der Waals surface area contributed by atoms with E-state index in [0.29, 0.717) is 36.5 Å². The number of carbonyl (C=O) groups excluding carboxylic acids is 1. The van der Waals surface area contributed by atoms with Crippen molar-refractivity contribution in [1.29, 1.82) is 0 Å². The first-order valence-electron chi connectivity index (χ1n) is 8.97.